The molecule has 2 aromatic carbocycles. The Morgan fingerprint density at radius 2 is 1.84 bits per heavy atom. The van der Waals surface area contributed by atoms with Crippen molar-refractivity contribution in [3.8, 4) is 5.75 Å². The van der Waals surface area contributed by atoms with Gasteiger partial charge in [-0.25, -0.2) is 9.59 Å². The van der Waals surface area contributed by atoms with Crippen LogP contribution < -0.4 is 15.4 Å². The lowest BCUT2D eigenvalue weighted by molar-refractivity contribution is -0.133. The minimum Gasteiger partial charge on any atom is -0.497 e. The third-order valence-corrected chi connectivity index (χ3v) is 7.64. The fourth-order valence-corrected chi connectivity index (χ4v) is 5.53. The second kappa shape index (κ2) is 11.1. The third kappa shape index (κ3) is 5.65. The van der Waals surface area contributed by atoms with Crippen molar-refractivity contribution in [3.63, 3.8) is 0 Å². The van der Waals surface area contributed by atoms with Gasteiger partial charge in [-0.2, -0.15) is 0 Å². The third-order valence-electron chi connectivity index (χ3n) is 7.64. The molecule has 3 aliphatic heterocycles. The highest BCUT2D eigenvalue weighted by Crippen LogP contribution is 2.27. The highest BCUT2D eigenvalue weighted by atomic mass is 16.5. The van der Waals surface area contributed by atoms with Gasteiger partial charge < -0.3 is 30.1 Å². The number of methoxy groups -OCH3 is 1. The zero-order valence-electron chi connectivity index (χ0n) is 21.3. The van der Waals surface area contributed by atoms with Gasteiger partial charge in [0, 0.05) is 44.5 Å². The minimum atomic E-state index is -0.525. The number of fused-ring (bicyclic) bond motifs is 1. The molecule has 37 heavy (non-hydrogen) atoms. The lowest BCUT2D eigenvalue weighted by atomic mass is 10.0. The molecule has 9 heteroatoms. The summed E-state index contributed by atoms with van der Waals surface area (Å²) in [4.78, 5) is 44.6. The summed E-state index contributed by atoms with van der Waals surface area (Å²) in [6.07, 6.45) is 3.86. The van der Waals surface area contributed by atoms with Crippen LogP contribution in [0.5, 0.6) is 5.75 Å². The molecule has 2 saturated heterocycles. The van der Waals surface area contributed by atoms with Crippen LogP contribution in [0, 0.1) is 0 Å². The van der Waals surface area contributed by atoms with Crippen molar-refractivity contribution in [2.75, 3.05) is 32.1 Å². The minimum absolute atomic E-state index is 0.0350. The van der Waals surface area contributed by atoms with Crippen LogP contribution in [0.4, 0.5) is 15.3 Å². The number of anilines is 1. The standard InChI is InChI=1S/C28H35N5O4/c1-37-23-9-6-7-20(17-23)18-32-14-5-4-11-25(26(32)34)30-27(35)31-15-12-22(13-16-31)33-19-21-8-2-3-10-24(21)29-28(33)36/h2-3,6-10,17,22,25H,4-5,11-16,18-19H2,1H3,(H,29,36)(H,30,35)/t25-/m1/s1. The van der Waals surface area contributed by atoms with E-state index < -0.39 is 6.04 Å². The molecule has 0 aromatic heterocycles. The molecule has 5 amide bonds. The van der Waals surface area contributed by atoms with Crippen LogP contribution >= 0.6 is 0 Å². The molecule has 0 saturated carbocycles. The van der Waals surface area contributed by atoms with Gasteiger partial charge in [-0.3, -0.25) is 4.79 Å². The molecule has 0 unspecified atom stereocenters. The van der Waals surface area contributed by atoms with Crippen LogP contribution in [0.25, 0.3) is 0 Å². The van der Waals surface area contributed by atoms with Crippen molar-refractivity contribution in [2.24, 2.45) is 0 Å². The average molecular weight is 506 g/mol. The SMILES string of the molecule is COc1cccc(CN2CCCC[C@@H](NC(=O)N3CCC(N4Cc5ccccc5NC4=O)CC3)C2=O)c1. The summed E-state index contributed by atoms with van der Waals surface area (Å²) in [5, 5.41) is 5.99. The van der Waals surface area contributed by atoms with Gasteiger partial charge in [0.2, 0.25) is 5.91 Å². The number of ether oxygens (including phenoxy) is 1. The van der Waals surface area contributed by atoms with Gasteiger partial charge in [0.05, 0.1) is 7.11 Å². The molecule has 0 radical (unpaired) electrons. The van der Waals surface area contributed by atoms with Crippen molar-refractivity contribution < 1.29 is 19.1 Å². The summed E-state index contributed by atoms with van der Waals surface area (Å²) in [5.74, 6) is 0.728. The number of nitrogens with zero attached hydrogens (tertiary/aromatic N) is 3. The van der Waals surface area contributed by atoms with Gasteiger partial charge in [-0.1, -0.05) is 30.3 Å². The van der Waals surface area contributed by atoms with E-state index in [1.165, 1.54) is 0 Å². The zero-order valence-corrected chi connectivity index (χ0v) is 21.3. The van der Waals surface area contributed by atoms with E-state index in [2.05, 4.69) is 10.6 Å². The van der Waals surface area contributed by atoms with Gasteiger partial charge in [0.15, 0.2) is 0 Å². The van der Waals surface area contributed by atoms with Crippen molar-refractivity contribution in [1.29, 1.82) is 0 Å². The van der Waals surface area contributed by atoms with E-state index in [0.29, 0.717) is 52.0 Å². The van der Waals surface area contributed by atoms with Crippen LogP contribution in [0.2, 0.25) is 0 Å². The number of piperidine rings is 1. The van der Waals surface area contributed by atoms with E-state index in [0.717, 1.165) is 35.4 Å². The Bertz CT molecular complexity index is 1150. The predicted molar refractivity (Wildman–Crippen MR) is 140 cm³/mol. The number of likely N-dealkylation sites (tertiary alicyclic amines) is 2. The maximum atomic E-state index is 13.3. The van der Waals surface area contributed by atoms with Crippen LogP contribution in [-0.2, 0) is 17.9 Å². The summed E-state index contributed by atoms with van der Waals surface area (Å²) in [6, 6.07) is 14.9. The van der Waals surface area contributed by atoms with E-state index in [-0.39, 0.29) is 24.0 Å². The molecule has 3 aliphatic rings. The van der Waals surface area contributed by atoms with Crippen molar-refractivity contribution >= 4 is 23.7 Å². The highest BCUT2D eigenvalue weighted by Gasteiger charge is 2.34. The number of carbonyl (C=O) groups excluding carboxylic acids is 3. The highest BCUT2D eigenvalue weighted by molar-refractivity contribution is 5.92. The van der Waals surface area contributed by atoms with E-state index in [1.54, 1.807) is 12.0 Å². The first-order valence-corrected chi connectivity index (χ1v) is 13.1. The Labute approximate surface area is 217 Å². The number of rotatable bonds is 5. The first kappa shape index (κ1) is 24.9. The quantitative estimate of drug-likeness (QED) is 0.646. The molecule has 2 aromatic rings. The summed E-state index contributed by atoms with van der Waals surface area (Å²) >= 11 is 0. The smallest absolute Gasteiger partial charge is 0.322 e. The van der Waals surface area contributed by atoms with Gasteiger partial charge in [-0.05, 0) is 61.4 Å². The largest absolute Gasteiger partial charge is 0.497 e. The maximum absolute atomic E-state index is 13.3. The Morgan fingerprint density at radius 3 is 2.65 bits per heavy atom. The van der Waals surface area contributed by atoms with E-state index >= 15 is 0 Å². The number of carbonyl (C=O) groups is 3. The second-order valence-corrected chi connectivity index (χ2v) is 10.0. The zero-order chi connectivity index (χ0) is 25.8. The summed E-state index contributed by atoms with van der Waals surface area (Å²) < 4.78 is 5.31. The molecule has 196 valence electrons. The molecule has 2 N–H and O–H groups in total. The molecule has 0 bridgehead atoms. The normalized spacial score (nSPS) is 20.7. The number of nitrogens with one attached hydrogen (secondary N) is 2. The van der Waals surface area contributed by atoms with Crippen molar-refractivity contribution in [1.82, 2.24) is 20.0 Å². The van der Waals surface area contributed by atoms with Crippen LogP contribution in [-0.4, -0.2) is 71.5 Å². The molecule has 5 rings (SSSR count). The average Bonchev–Trinajstić information content (AvgIpc) is 3.09. The Kier molecular flexibility index (Phi) is 7.48. The lowest BCUT2D eigenvalue weighted by Crippen LogP contribution is -2.55. The van der Waals surface area contributed by atoms with Gasteiger partial charge >= 0.3 is 12.1 Å². The second-order valence-electron chi connectivity index (χ2n) is 10.0. The van der Waals surface area contributed by atoms with Crippen LogP contribution in [0.15, 0.2) is 48.5 Å². The molecule has 1 atom stereocenters. The first-order chi connectivity index (χ1) is 18.0. The maximum Gasteiger partial charge on any atom is 0.322 e. The molecule has 3 heterocycles. The first-order valence-electron chi connectivity index (χ1n) is 13.1. The summed E-state index contributed by atoms with van der Waals surface area (Å²) in [7, 11) is 1.63. The van der Waals surface area contributed by atoms with Crippen LogP contribution in [0.3, 0.4) is 0 Å². The number of amides is 5. The van der Waals surface area contributed by atoms with E-state index in [9.17, 15) is 14.4 Å². The lowest BCUT2D eigenvalue weighted by Gasteiger charge is -2.40. The number of para-hydroxylation sites is 1. The fourth-order valence-electron chi connectivity index (χ4n) is 5.53. The molecular formula is C28H35N5O4. The van der Waals surface area contributed by atoms with Crippen molar-refractivity contribution in [2.45, 2.75) is 57.3 Å². The summed E-state index contributed by atoms with van der Waals surface area (Å²) in [5.41, 5.74) is 2.98. The molecule has 0 spiro atoms. The fraction of sp³-hybridized carbons (Fsp3) is 0.464. The topological polar surface area (TPSA) is 94.2 Å². The monoisotopic (exact) mass is 505 g/mol. The van der Waals surface area contributed by atoms with E-state index in [4.69, 9.17) is 4.74 Å². The van der Waals surface area contributed by atoms with Crippen LogP contribution in [0.1, 0.15) is 43.2 Å². The van der Waals surface area contributed by atoms with Crippen molar-refractivity contribution in [3.05, 3.63) is 59.7 Å². The molecule has 9 nitrogen and oxygen atoms in total. The summed E-state index contributed by atoms with van der Waals surface area (Å²) in [6.45, 7) is 2.86. The number of benzene rings is 2. The number of hydrogen-bond donors (Lipinski definition) is 2. The Morgan fingerprint density at radius 1 is 1.03 bits per heavy atom. The van der Waals surface area contributed by atoms with E-state index in [1.807, 2.05) is 58.3 Å². The van der Waals surface area contributed by atoms with Gasteiger partial charge in [-0.15, -0.1) is 0 Å². The number of urea groups is 2. The Hall–Kier alpha value is -3.75. The molecule has 0 aliphatic carbocycles. The number of hydrogen-bond acceptors (Lipinski definition) is 4. The molecule has 2 fully saturated rings. The molecular weight excluding hydrogens is 470 g/mol. The predicted octanol–water partition coefficient (Wildman–Crippen LogP) is 3.80. The Balaban J connectivity index is 1.15. The van der Waals surface area contributed by atoms with Gasteiger partial charge in [0.1, 0.15) is 11.8 Å². The van der Waals surface area contributed by atoms with Gasteiger partial charge in [0.25, 0.3) is 0 Å².